The zero-order chi connectivity index (χ0) is 34.0. The van der Waals surface area contributed by atoms with E-state index in [2.05, 4.69) is 216 Å². The van der Waals surface area contributed by atoms with Crippen LogP contribution in [0.5, 0.6) is 0 Å². The Morgan fingerprint density at radius 1 is 0.373 bits per heavy atom. The molecule has 51 heavy (non-hydrogen) atoms. The number of benzene rings is 7. The SMILES string of the molecule is C1=CC(c2ccc(N(c3ccc(-c4ccccc4)cc3)c3ccc(-c4ccccc4)cc3)cc2)=CC=C(n2c3ccccc3c3ccccc32)C1. The van der Waals surface area contributed by atoms with Gasteiger partial charge in [-0.25, -0.2) is 0 Å². The molecule has 2 heteroatoms. The summed E-state index contributed by atoms with van der Waals surface area (Å²) in [4.78, 5) is 2.34. The molecule has 0 fully saturated rings. The molecule has 0 saturated carbocycles. The van der Waals surface area contributed by atoms with Gasteiger partial charge in [-0.1, -0.05) is 152 Å². The smallest absolute Gasteiger partial charge is 0.0537 e. The lowest BCUT2D eigenvalue weighted by Gasteiger charge is -2.26. The van der Waals surface area contributed by atoms with E-state index < -0.39 is 0 Å². The molecule has 2 nitrogen and oxygen atoms in total. The van der Waals surface area contributed by atoms with Crippen molar-refractivity contribution in [1.29, 1.82) is 0 Å². The topological polar surface area (TPSA) is 8.17 Å². The number of fused-ring (bicyclic) bond motifs is 3. The summed E-state index contributed by atoms with van der Waals surface area (Å²) in [5.74, 6) is 0. The van der Waals surface area contributed by atoms with Crippen molar-refractivity contribution in [2.75, 3.05) is 4.90 Å². The first-order chi connectivity index (χ1) is 25.3. The molecule has 1 aliphatic carbocycles. The van der Waals surface area contributed by atoms with Gasteiger partial charge in [-0.15, -0.1) is 0 Å². The van der Waals surface area contributed by atoms with Crippen LogP contribution >= 0.6 is 0 Å². The van der Waals surface area contributed by atoms with Crippen molar-refractivity contribution in [2.24, 2.45) is 0 Å². The minimum atomic E-state index is 0.854. The van der Waals surface area contributed by atoms with Crippen molar-refractivity contribution in [2.45, 2.75) is 6.42 Å². The molecule has 0 bridgehead atoms. The summed E-state index contributed by atoms with van der Waals surface area (Å²) >= 11 is 0. The van der Waals surface area contributed by atoms with Crippen LogP contribution in [0.3, 0.4) is 0 Å². The minimum absolute atomic E-state index is 0.854. The van der Waals surface area contributed by atoms with Gasteiger partial charge in [0, 0.05) is 40.0 Å². The van der Waals surface area contributed by atoms with Crippen LogP contribution in [0.4, 0.5) is 17.1 Å². The Morgan fingerprint density at radius 3 is 1.27 bits per heavy atom. The number of hydrogen-bond acceptors (Lipinski definition) is 1. The molecule has 0 unspecified atom stereocenters. The number of anilines is 3. The summed E-state index contributed by atoms with van der Waals surface area (Å²) in [6.45, 7) is 0. The van der Waals surface area contributed by atoms with Crippen molar-refractivity contribution in [3.8, 4) is 22.3 Å². The van der Waals surface area contributed by atoms with Crippen molar-refractivity contribution in [3.63, 3.8) is 0 Å². The molecule has 0 atom stereocenters. The Balaban J connectivity index is 1.06. The normalized spacial score (nSPS) is 12.8. The van der Waals surface area contributed by atoms with Crippen LogP contribution < -0.4 is 4.90 Å². The molecule has 1 aliphatic rings. The molecule has 0 saturated heterocycles. The summed E-state index contributed by atoms with van der Waals surface area (Å²) in [5, 5.41) is 2.58. The van der Waals surface area contributed by atoms with Crippen molar-refractivity contribution < 1.29 is 0 Å². The Hall–Kier alpha value is -6.64. The van der Waals surface area contributed by atoms with Crippen LogP contribution in [0.1, 0.15) is 12.0 Å². The fourth-order valence-corrected chi connectivity index (χ4v) is 7.32. The lowest BCUT2D eigenvalue weighted by atomic mass is 10.0. The first kappa shape index (κ1) is 30.4. The van der Waals surface area contributed by atoms with E-state index in [9.17, 15) is 0 Å². The number of allylic oxidation sites excluding steroid dienone is 6. The van der Waals surface area contributed by atoms with E-state index in [1.807, 2.05) is 0 Å². The number of aromatic nitrogens is 1. The monoisotopic (exact) mass is 652 g/mol. The molecular weight excluding hydrogens is 617 g/mol. The van der Waals surface area contributed by atoms with E-state index in [-0.39, 0.29) is 0 Å². The molecule has 0 spiro atoms. The van der Waals surface area contributed by atoms with E-state index in [0.717, 1.165) is 23.5 Å². The largest absolute Gasteiger partial charge is 0.313 e. The van der Waals surface area contributed by atoms with Gasteiger partial charge in [-0.05, 0) is 88.0 Å². The molecular formula is C49H36N2. The number of nitrogens with zero attached hydrogens (tertiary/aromatic N) is 2. The third-order valence-corrected chi connectivity index (χ3v) is 9.87. The molecule has 9 rings (SSSR count). The summed E-state index contributed by atoms with van der Waals surface area (Å²) in [6, 6.07) is 65.2. The second kappa shape index (κ2) is 13.3. The summed E-state index contributed by atoms with van der Waals surface area (Å²) < 4.78 is 2.42. The Morgan fingerprint density at radius 2 is 0.784 bits per heavy atom. The number of hydrogen-bond donors (Lipinski definition) is 0. The highest BCUT2D eigenvalue weighted by atomic mass is 15.1. The zero-order valence-corrected chi connectivity index (χ0v) is 28.2. The summed E-state index contributed by atoms with van der Waals surface area (Å²) in [5.41, 5.74) is 14.3. The Bertz CT molecular complexity index is 2420. The van der Waals surface area contributed by atoms with Gasteiger partial charge in [0.15, 0.2) is 0 Å². The predicted molar refractivity (Wildman–Crippen MR) is 217 cm³/mol. The van der Waals surface area contributed by atoms with Crippen molar-refractivity contribution >= 4 is 50.1 Å². The van der Waals surface area contributed by atoms with Crippen LogP contribution in [0, 0.1) is 0 Å². The van der Waals surface area contributed by atoms with Gasteiger partial charge in [0.2, 0.25) is 0 Å². The molecule has 1 aromatic heterocycles. The number of rotatable bonds is 7. The van der Waals surface area contributed by atoms with E-state index in [4.69, 9.17) is 0 Å². The Kier molecular flexibility index (Phi) is 7.96. The lowest BCUT2D eigenvalue weighted by Crippen LogP contribution is -2.09. The van der Waals surface area contributed by atoms with Gasteiger partial charge >= 0.3 is 0 Å². The fraction of sp³-hybridized carbons (Fsp3) is 0.0204. The van der Waals surface area contributed by atoms with Crippen molar-refractivity contribution in [3.05, 3.63) is 212 Å². The van der Waals surface area contributed by atoms with Crippen LogP contribution in [0.15, 0.2) is 206 Å². The molecule has 0 N–H and O–H groups in total. The van der Waals surface area contributed by atoms with E-state index in [0.29, 0.717) is 0 Å². The lowest BCUT2D eigenvalue weighted by molar-refractivity contribution is 1.14. The molecule has 0 amide bonds. The van der Waals surface area contributed by atoms with Gasteiger partial charge in [0.25, 0.3) is 0 Å². The standard InChI is InChI=1S/C49H36N2/c1-3-12-36(13-4-1)39-23-30-43(31-24-39)50(44-32-25-40(26-33-44)37-14-5-2-6-15-37)45-34-27-41(28-35-45)38-16-11-17-42(29-22-38)51-48-20-9-7-18-46(48)47-19-8-10-21-49(47)51/h1-16,18-35H,17H2. The van der Waals surface area contributed by atoms with Gasteiger partial charge in [-0.2, -0.15) is 0 Å². The highest BCUT2D eigenvalue weighted by Gasteiger charge is 2.16. The van der Waals surface area contributed by atoms with Crippen molar-refractivity contribution in [1.82, 2.24) is 4.57 Å². The summed E-state index contributed by atoms with van der Waals surface area (Å²) in [7, 11) is 0. The van der Waals surface area contributed by atoms with Crippen LogP contribution in [0.25, 0.3) is 55.3 Å². The Labute approximate surface area is 299 Å². The molecule has 0 aliphatic heterocycles. The summed E-state index contributed by atoms with van der Waals surface area (Å²) in [6.07, 6.45) is 9.95. The average Bonchev–Trinajstić information content (AvgIpc) is 3.34. The average molecular weight is 653 g/mol. The fourth-order valence-electron chi connectivity index (χ4n) is 7.32. The van der Waals surface area contributed by atoms with Gasteiger partial charge < -0.3 is 9.47 Å². The van der Waals surface area contributed by atoms with E-state index in [1.54, 1.807) is 0 Å². The van der Waals surface area contributed by atoms with E-state index >= 15 is 0 Å². The second-order valence-electron chi connectivity index (χ2n) is 13.0. The van der Waals surface area contributed by atoms with E-state index in [1.165, 1.54) is 60.9 Å². The van der Waals surface area contributed by atoms with Crippen LogP contribution in [-0.2, 0) is 0 Å². The highest BCUT2D eigenvalue weighted by Crippen LogP contribution is 2.38. The van der Waals surface area contributed by atoms with Crippen LogP contribution in [-0.4, -0.2) is 4.57 Å². The second-order valence-corrected chi connectivity index (χ2v) is 13.0. The van der Waals surface area contributed by atoms with Gasteiger partial charge in [0.05, 0.1) is 11.0 Å². The molecule has 1 heterocycles. The van der Waals surface area contributed by atoms with Gasteiger partial charge in [0.1, 0.15) is 0 Å². The van der Waals surface area contributed by atoms with Gasteiger partial charge in [-0.3, -0.25) is 0 Å². The minimum Gasteiger partial charge on any atom is -0.313 e. The maximum absolute atomic E-state index is 2.42. The third kappa shape index (κ3) is 5.88. The first-order valence-electron chi connectivity index (χ1n) is 17.6. The maximum atomic E-state index is 2.42. The molecule has 8 aromatic rings. The zero-order valence-electron chi connectivity index (χ0n) is 28.2. The molecule has 242 valence electrons. The maximum Gasteiger partial charge on any atom is 0.0537 e. The molecule has 7 aromatic carbocycles. The predicted octanol–water partition coefficient (Wildman–Crippen LogP) is 13.5. The number of para-hydroxylation sites is 2. The highest BCUT2D eigenvalue weighted by molar-refractivity contribution is 6.10. The molecule has 0 radical (unpaired) electrons. The van der Waals surface area contributed by atoms with Crippen LogP contribution in [0.2, 0.25) is 0 Å². The third-order valence-electron chi connectivity index (χ3n) is 9.87. The first-order valence-corrected chi connectivity index (χ1v) is 17.6. The quantitative estimate of drug-likeness (QED) is 0.166.